The van der Waals surface area contributed by atoms with E-state index in [1.807, 2.05) is 19.1 Å². The molecule has 5 heteroatoms. The van der Waals surface area contributed by atoms with Crippen LogP contribution < -0.4 is 5.32 Å². The molecule has 3 N–H and O–H groups in total. The molecule has 0 radical (unpaired) electrons. The summed E-state index contributed by atoms with van der Waals surface area (Å²) in [5.74, 6) is 0.0947. The first-order valence-electron chi connectivity index (χ1n) is 5.71. The van der Waals surface area contributed by atoms with Crippen molar-refractivity contribution in [3.63, 3.8) is 0 Å². The fourth-order valence-corrected chi connectivity index (χ4v) is 2.43. The first-order chi connectivity index (χ1) is 8.99. The zero-order chi connectivity index (χ0) is 14.0. The van der Waals surface area contributed by atoms with E-state index in [-0.39, 0.29) is 17.5 Å². The normalized spacial score (nSPS) is 12.2. The molecule has 19 heavy (non-hydrogen) atoms. The van der Waals surface area contributed by atoms with Crippen LogP contribution in [0.2, 0.25) is 5.02 Å². The van der Waals surface area contributed by atoms with Crippen molar-refractivity contribution < 1.29 is 10.2 Å². The summed E-state index contributed by atoms with van der Waals surface area (Å²) in [6.07, 6.45) is 0. The van der Waals surface area contributed by atoms with Crippen LogP contribution in [0.5, 0.6) is 11.5 Å². The Bertz CT molecular complexity index is 584. The Hall–Kier alpha value is -1.39. The molecule has 100 valence electrons. The number of anilines is 1. The summed E-state index contributed by atoms with van der Waals surface area (Å²) < 4.78 is 0.896. The Balaban J connectivity index is 2.31. The maximum atomic E-state index is 9.82. The van der Waals surface area contributed by atoms with Gasteiger partial charge in [-0.05, 0) is 37.3 Å². The zero-order valence-electron chi connectivity index (χ0n) is 10.2. The highest BCUT2D eigenvalue weighted by Gasteiger charge is 2.15. The SMILES string of the molecule is CC(Nc1cc(Br)ccc1Cl)c1c(O)cccc1O. The summed E-state index contributed by atoms with van der Waals surface area (Å²) in [6, 6.07) is 9.84. The average molecular weight is 343 g/mol. The number of hydrogen-bond acceptors (Lipinski definition) is 3. The first-order valence-corrected chi connectivity index (χ1v) is 6.88. The summed E-state index contributed by atoms with van der Waals surface area (Å²) in [6.45, 7) is 1.84. The van der Waals surface area contributed by atoms with Crippen molar-refractivity contribution in [1.82, 2.24) is 0 Å². The van der Waals surface area contributed by atoms with E-state index < -0.39 is 0 Å². The monoisotopic (exact) mass is 341 g/mol. The molecule has 2 aromatic carbocycles. The smallest absolute Gasteiger partial charge is 0.124 e. The van der Waals surface area contributed by atoms with Crippen molar-refractivity contribution in [2.24, 2.45) is 0 Å². The number of halogens is 2. The predicted molar refractivity (Wildman–Crippen MR) is 81.0 cm³/mol. The van der Waals surface area contributed by atoms with Gasteiger partial charge in [-0.25, -0.2) is 0 Å². The van der Waals surface area contributed by atoms with Gasteiger partial charge in [-0.3, -0.25) is 0 Å². The molecule has 0 spiro atoms. The van der Waals surface area contributed by atoms with Gasteiger partial charge in [0.1, 0.15) is 11.5 Å². The van der Waals surface area contributed by atoms with Crippen molar-refractivity contribution in [2.45, 2.75) is 13.0 Å². The average Bonchev–Trinajstić information content (AvgIpc) is 2.33. The standard InChI is InChI=1S/C14H13BrClNO2/c1-8(14-12(18)3-2-4-13(14)19)17-11-7-9(15)5-6-10(11)16/h2-8,17-19H,1H3. The highest BCUT2D eigenvalue weighted by molar-refractivity contribution is 9.10. The molecule has 0 aliphatic rings. The van der Waals surface area contributed by atoms with Crippen molar-refractivity contribution in [2.75, 3.05) is 5.32 Å². The van der Waals surface area contributed by atoms with Gasteiger partial charge in [0.05, 0.1) is 22.3 Å². The van der Waals surface area contributed by atoms with E-state index in [0.29, 0.717) is 10.6 Å². The van der Waals surface area contributed by atoms with Crippen LogP contribution in [0.25, 0.3) is 0 Å². The fraction of sp³-hybridized carbons (Fsp3) is 0.143. The first kappa shape index (κ1) is 14.0. The summed E-state index contributed by atoms with van der Waals surface area (Å²) in [5.41, 5.74) is 1.17. The maximum absolute atomic E-state index is 9.82. The molecule has 0 saturated carbocycles. The highest BCUT2D eigenvalue weighted by Crippen LogP contribution is 2.36. The molecular formula is C14H13BrClNO2. The molecule has 0 aliphatic heterocycles. The van der Waals surface area contributed by atoms with Gasteiger partial charge in [-0.1, -0.05) is 33.6 Å². The third kappa shape index (κ3) is 3.14. The minimum absolute atomic E-state index is 0.0473. The molecule has 0 aliphatic carbocycles. The molecule has 3 nitrogen and oxygen atoms in total. The van der Waals surface area contributed by atoms with Crippen LogP contribution in [0.3, 0.4) is 0 Å². The number of phenols is 2. The minimum Gasteiger partial charge on any atom is -0.507 e. The largest absolute Gasteiger partial charge is 0.507 e. The maximum Gasteiger partial charge on any atom is 0.124 e. The third-order valence-corrected chi connectivity index (χ3v) is 3.62. The minimum atomic E-state index is -0.284. The van der Waals surface area contributed by atoms with E-state index in [1.54, 1.807) is 12.1 Å². The summed E-state index contributed by atoms with van der Waals surface area (Å²) in [4.78, 5) is 0. The van der Waals surface area contributed by atoms with Gasteiger partial charge in [-0.15, -0.1) is 0 Å². The lowest BCUT2D eigenvalue weighted by Crippen LogP contribution is -2.07. The molecule has 0 heterocycles. The Morgan fingerprint density at radius 1 is 1.16 bits per heavy atom. The second-order valence-corrected chi connectivity index (χ2v) is 5.52. The zero-order valence-corrected chi connectivity index (χ0v) is 12.5. The van der Waals surface area contributed by atoms with Crippen molar-refractivity contribution in [3.8, 4) is 11.5 Å². The lowest BCUT2D eigenvalue weighted by Gasteiger charge is -2.19. The second kappa shape index (κ2) is 5.72. The predicted octanol–water partition coefficient (Wildman–Crippen LogP) is 4.69. The third-order valence-electron chi connectivity index (χ3n) is 2.79. The Labute approximate surface area is 125 Å². The van der Waals surface area contributed by atoms with Crippen LogP contribution in [-0.2, 0) is 0 Å². The number of nitrogens with one attached hydrogen (secondary N) is 1. The van der Waals surface area contributed by atoms with Gasteiger partial charge in [-0.2, -0.15) is 0 Å². The number of aromatic hydroxyl groups is 2. The van der Waals surface area contributed by atoms with E-state index in [4.69, 9.17) is 11.6 Å². The van der Waals surface area contributed by atoms with Crippen LogP contribution in [0.1, 0.15) is 18.5 Å². The lowest BCUT2D eigenvalue weighted by molar-refractivity contribution is 0.434. The van der Waals surface area contributed by atoms with Crippen LogP contribution in [0, 0.1) is 0 Å². The fourth-order valence-electron chi connectivity index (χ4n) is 1.90. The van der Waals surface area contributed by atoms with E-state index in [1.165, 1.54) is 12.1 Å². The van der Waals surface area contributed by atoms with Crippen molar-refractivity contribution >= 4 is 33.2 Å². The summed E-state index contributed by atoms with van der Waals surface area (Å²) >= 11 is 9.47. The molecule has 0 aromatic heterocycles. The van der Waals surface area contributed by atoms with Crippen molar-refractivity contribution in [3.05, 3.63) is 51.5 Å². The topological polar surface area (TPSA) is 52.5 Å². The van der Waals surface area contributed by atoms with Crippen LogP contribution in [0.4, 0.5) is 5.69 Å². The van der Waals surface area contributed by atoms with Gasteiger partial charge < -0.3 is 15.5 Å². The Kier molecular flexibility index (Phi) is 4.22. The molecule has 2 rings (SSSR count). The number of hydrogen-bond donors (Lipinski definition) is 3. The van der Waals surface area contributed by atoms with Crippen LogP contribution in [0.15, 0.2) is 40.9 Å². The molecule has 0 fully saturated rings. The molecule has 0 bridgehead atoms. The Morgan fingerprint density at radius 2 is 1.79 bits per heavy atom. The van der Waals surface area contributed by atoms with Crippen molar-refractivity contribution in [1.29, 1.82) is 0 Å². The Morgan fingerprint density at radius 3 is 2.42 bits per heavy atom. The number of benzene rings is 2. The number of rotatable bonds is 3. The number of phenolic OH excluding ortho intramolecular Hbond substituents is 2. The molecule has 0 amide bonds. The van der Waals surface area contributed by atoms with E-state index in [0.717, 1.165) is 10.2 Å². The lowest BCUT2D eigenvalue weighted by atomic mass is 10.1. The molecule has 1 atom stereocenters. The summed E-state index contributed by atoms with van der Waals surface area (Å²) in [5, 5.41) is 23.4. The van der Waals surface area contributed by atoms with Gasteiger partial charge >= 0.3 is 0 Å². The van der Waals surface area contributed by atoms with Gasteiger partial charge in [0.15, 0.2) is 0 Å². The summed E-state index contributed by atoms with van der Waals surface area (Å²) in [7, 11) is 0. The quantitative estimate of drug-likeness (QED) is 0.758. The van der Waals surface area contributed by atoms with Crippen LogP contribution >= 0.6 is 27.5 Å². The van der Waals surface area contributed by atoms with Gasteiger partial charge in [0.25, 0.3) is 0 Å². The molecule has 2 aromatic rings. The molecule has 0 saturated heterocycles. The van der Waals surface area contributed by atoms with Gasteiger partial charge in [0, 0.05) is 4.47 Å². The molecule has 1 unspecified atom stereocenters. The molecular weight excluding hydrogens is 330 g/mol. The second-order valence-electron chi connectivity index (χ2n) is 4.20. The van der Waals surface area contributed by atoms with Crippen LogP contribution in [-0.4, -0.2) is 10.2 Å². The van der Waals surface area contributed by atoms with Gasteiger partial charge in [0.2, 0.25) is 0 Å². The van der Waals surface area contributed by atoms with E-state index in [2.05, 4.69) is 21.2 Å². The highest BCUT2D eigenvalue weighted by atomic mass is 79.9. The van der Waals surface area contributed by atoms with E-state index >= 15 is 0 Å². The van der Waals surface area contributed by atoms with E-state index in [9.17, 15) is 10.2 Å².